The highest BCUT2D eigenvalue weighted by Crippen LogP contribution is 2.37. The fourth-order valence-electron chi connectivity index (χ4n) is 2.56. The van der Waals surface area contributed by atoms with Crippen LogP contribution in [0.3, 0.4) is 0 Å². The van der Waals surface area contributed by atoms with Gasteiger partial charge in [-0.15, -0.1) is 10.2 Å². The summed E-state index contributed by atoms with van der Waals surface area (Å²) in [5.41, 5.74) is 5.66. The van der Waals surface area contributed by atoms with Crippen LogP contribution in [0, 0.1) is 0 Å². The van der Waals surface area contributed by atoms with E-state index in [0.717, 1.165) is 31.6 Å². The van der Waals surface area contributed by atoms with Crippen LogP contribution in [0.15, 0.2) is 5.16 Å². The molecule has 8 heteroatoms. The van der Waals surface area contributed by atoms with Crippen molar-refractivity contribution < 1.29 is 9.59 Å². The van der Waals surface area contributed by atoms with Crippen LogP contribution in [0.2, 0.25) is 0 Å². The average molecular weight is 309 g/mol. The number of nitrogens with two attached hydrogens (primary N) is 1. The lowest BCUT2D eigenvalue weighted by atomic mass is 10.4. The summed E-state index contributed by atoms with van der Waals surface area (Å²) in [6.07, 6.45) is 3.08. The van der Waals surface area contributed by atoms with Crippen molar-refractivity contribution in [3.8, 4) is 0 Å². The van der Waals surface area contributed by atoms with E-state index in [1.807, 2.05) is 4.57 Å². The Balaban J connectivity index is 1.76. The summed E-state index contributed by atoms with van der Waals surface area (Å²) in [7, 11) is 0. The Labute approximate surface area is 127 Å². The second-order valence-corrected chi connectivity index (χ2v) is 6.57. The SMILES string of the molecule is CCCn1c(CN)nnc1SC1CC(=O)N(C2CC2)C1=O. The smallest absolute Gasteiger partial charge is 0.243 e. The fraction of sp³-hybridized carbons (Fsp3) is 0.692. The molecule has 1 aliphatic heterocycles. The van der Waals surface area contributed by atoms with Crippen molar-refractivity contribution in [2.75, 3.05) is 0 Å². The second-order valence-electron chi connectivity index (χ2n) is 5.40. The van der Waals surface area contributed by atoms with E-state index in [1.165, 1.54) is 16.7 Å². The van der Waals surface area contributed by atoms with Gasteiger partial charge >= 0.3 is 0 Å². The summed E-state index contributed by atoms with van der Waals surface area (Å²) in [6.45, 7) is 3.15. The molecule has 2 aliphatic rings. The fourth-order valence-corrected chi connectivity index (χ4v) is 3.67. The molecule has 7 nitrogen and oxygen atoms in total. The van der Waals surface area contributed by atoms with Gasteiger partial charge in [-0.25, -0.2) is 0 Å². The molecule has 1 saturated heterocycles. The minimum atomic E-state index is -0.372. The molecule has 1 atom stereocenters. The summed E-state index contributed by atoms with van der Waals surface area (Å²) in [4.78, 5) is 25.8. The Hall–Kier alpha value is -1.41. The van der Waals surface area contributed by atoms with Crippen molar-refractivity contribution in [2.24, 2.45) is 5.73 Å². The molecule has 1 unspecified atom stereocenters. The molecule has 21 heavy (non-hydrogen) atoms. The maximum absolute atomic E-state index is 12.3. The van der Waals surface area contributed by atoms with Gasteiger partial charge in [0.25, 0.3) is 0 Å². The van der Waals surface area contributed by atoms with Gasteiger partial charge < -0.3 is 10.3 Å². The van der Waals surface area contributed by atoms with Crippen LogP contribution in [0.5, 0.6) is 0 Å². The van der Waals surface area contributed by atoms with Crippen molar-refractivity contribution in [3.63, 3.8) is 0 Å². The molecule has 2 N–H and O–H groups in total. The minimum absolute atomic E-state index is 0.0550. The number of aromatic nitrogens is 3. The summed E-state index contributed by atoms with van der Waals surface area (Å²) in [6, 6.07) is 0.142. The standard InChI is InChI=1S/C13H19N5O2S/c1-2-5-17-10(7-14)15-16-13(17)21-9-6-11(19)18(12(9)20)8-3-4-8/h8-9H,2-7,14H2,1H3. The summed E-state index contributed by atoms with van der Waals surface area (Å²) < 4.78 is 1.95. The molecule has 0 spiro atoms. The number of carbonyl (C=O) groups is 2. The largest absolute Gasteiger partial charge is 0.324 e. The monoisotopic (exact) mass is 309 g/mol. The van der Waals surface area contributed by atoms with Crippen LogP contribution in [0.25, 0.3) is 0 Å². The Morgan fingerprint density at radius 1 is 1.33 bits per heavy atom. The summed E-state index contributed by atoms with van der Waals surface area (Å²) in [5, 5.41) is 8.50. The quantitative estimate of drug-likeness (QED) is 0.770. The Morgan fingerprint density at radius 3 is 2.71 bits per heavy atom. The first-order chi connectivity index (χ1) is 10.2. The number of imide groups is 1. The first kappa shape index (κ1) is 14.5. The van der Waals surface area contributed by atoms with E-state index in [4.69, 9.17) is 5.73 Å². The second kappa shape index (κ2) is 5.76. The number of nitrogens with zero attached hydrogens (tertiary/aromatic N) is 4. The van der Waals surface area contributed by atoms with Gasteiger partial charge in [0.05, 0.1) is 6.54 Å². The Bertz CT molecular complexity index is 569. The molecular weight excluding hydrogens is 290 g/mol. The van der Waals surface area contributed by atoms with E-state index in [0.29, 0.717) is 11.7 Å². The molecule has 1 aromatic rings. The third kappa shape index (κ3) is 2.69. The molecule has 2 heterocycles. The normalized spacial score (nSPS) is 22.4. The lowest BCUT2D eigenvalue weighted by Gasteiger charge is -2.13. The molecule has 1 saturated carbocycles. The topological polar surface area (TPSA) is 94.1 Å². The van der Waals surface area contributed by atoms with Crippen molar-refractivity contribution >= 4 is 23.6 Å². The molecule has 1 aromatic heterocycles. The van der Waals surface area contributed by atoms with Crippen molar-refractivity contribution in [3.05, 3.63) is 5.82 Å². The van der Waals surface area contributed by atoms with Crippen LogP contribution in [0.4, 0.5) is 0 Å². The van der Waals surface area contributed by atoms with Crippen molar-refractivity contribution in [1.82, 2.24) is 19.7 Å². The molecule has 114 valence electrons. The van der Waals surface area contributed by atoms with E-state index in [1.54, 1.807) is 0 Å². The minimum Gasteiger partial charge on any atom is -0.324 e. The maximum Gasteiger partial charge on any atom is 0.243 e. The summed E-state index contributed by atoms with van der Waals surface area (Å²) in [5.74, 6) is 0.587. The molecule has 2 fully saturated rings. The highest BCUT2D eigenvalue weighted by Gasteiger charge is 2.46. The predicted octanol–water partition coefficient (Wildman–Crippen LogP) is 0.529. The van der Waals surface area contributed by atoms with Gasteiger partial charge in [0.1, 0.15) is 11.1 Å². The van der Waals surface area contributed by atoms with Gasteiger partial charge in [-0.05, 0) is 19.3 Å². The molecule has 0 bridgehead atoms. The number of likely N-dealkylation sites (tertiary alicyclic amines) is 1. The molecule has 3 rings (SSSR count). The molecule has 2 amide bonds. The molecular formula is C13H19N5O2S. The first-order valence-corrected chi connectivity index (χ1v) is 8.18. The lowest BCUT2D eigenvalue weighted by Crippen LogP contribution is -2.33. The number of carbonyl (C=O) groups excluding carboxylic acids is 2. The number of hydrogen-bond donors (Lipinski definition) is 1. The number of hydrogen-bond acceptors (Lipinski definition) is 6. The predicted molar refractivity (Wildman–Crippen MR) is 77.3 cm³/mol. The molecule has 0 radical (unpaired) electrons. The van der Waals surface area contributed by atoms with E-state index in [-0.39, 0.29) is 29.5 Å². The maximum atomic E-state index is 12.3. The van der Waals surface area contributed by atoms with Crippen LogP contribution >= 0.6 is 11.8 Å². The van der Waals surface area contributed by atoms with Crippen LogP contribution in [-0.4, -0.2) is 42.8 Å². The number of thioether (sulfide) groups is 1. The van der Waals surface area contributed by atoms with Gasteiger partial charge in [0.15, 0.2) is 5.16 Å². The first-order valence-electron chi connectivity index (χ1n) is 7.30. The zero-order chi connectivity index (χ0) is 15.0. The van der Waals surface area contributed by atoms with Gasteiger partial charge in [-0.1, -0.05) is 18.7 Å². The number of amides is 2. The van der Waals surface area contributed by atoms with Crippen LogP contribution in [-0.2, 0) is 22.7 Å². The summed E-state index contributed by atoms with van der Waals surface area (Å²) >= 11 is 1.34. The molecule has 1 aliphatic carbocycles. The highest BCUT2D eigenvalue weighted by atomic mass is 32.2. The third-order valence-electron chi connectivity index (χ3n) is 3.72. The zero-order valence-electron chi connectivity index (χ0n) is 12.0. The Morgan fingerprint density at radius 2 is 2.10 bits per heavy atom. The lowest BCUT2D eigenvalue weighted by molar-refractivity contribution is -0.138. The van der Waals surface area contributed by atoms with E-state index in [2.05, 4.69) is 17.1 Å². The van der Waals surface area contributed by atoms with E-state index >= 15 is 0 Å². The third-order valence-corrected chi connectivity index (χ3v) is 4.89. The van der Waals surface area contributed by atoms with E-state index < -0.39 is 0 Å². The zero-order valence-corrected chi connectivity index (χ0v) is 12.8. The van der Waals surface area contributed by atoms with Crippen LogP contribution < -0.4 is 5.73 Å². The molecule has 0 aromatic carbocycles. The number of rotatable bonds is 6. The van der Waals surface area contributed by atoms with Crippen LogP contribution in [0.1, 0.15) is 38.4 Å². The van der Waals surface area contributed by atoms with Gasteiger partial charge in [0.2, 0.25) is 11.8 Å². The van der Waals surface area contributed by atoms with Gasteiger partial charge in [-0.3, -0.25) is 14.5 Å². The van der Waals surface area contributed by atoms with Gasteiger partial charge in [-0.2, -0.15) is 0 Å². The van der Waals surface area contributed by atoms with Gasteiger partial charge in [0, 0.05) is 19.0 Å². The van der Waals surface area contributed by atoms with Crippen molar-refractivity contribution in [2.45, 2.75) is 62.1 Å². The highest BCUT2D eigenvalue weighted by molar-refractivity contribution is 8.00. The Kier molecular flexibility index (Phi) is 3.99. The van der Waals surface area contributed by atoms with E-state index in [9.17, 15) is 9.59 Å². The van der Waals surface area contributed by atoms with Crippen molar-refractivity contribution in [1.29, 1.82) is 0 Å². The average Bonchev–Trinajstić information content (AvgIpc) is 3.16.